The maximum absolute atomic E-state index is 9.71. The molecule has 82 valence electrons. The maximum Gasteiger partial charge on any atom is 0.124 e. The van der Waals surface area contributed by atoms with Crippen LogP contribution in [0.5, 0.6) is 11.5 Å². The molecule has 0 heterocycles. The van der Waals surface area contributed by atoms with Crippen molar-refractivity contribution in [1.82, 2.24) is 0 Å². The van der Waals surface area contributed by atoms with Crippen molar-refractivity contribution >= 4 is 0 Å². The molecule has 0 aliphatic carbocycles. The minimum absolute atomic E-state index is 0.158. The zero-order valence-corrected chi connectivity index (χ0v) is 8.94. The molecule has 0 spiro atoms. The maximum atomic E-state index is 9.71. The number of rotatable bonds is 5. The number of methoxy groups -OCH3 is 1. The Morgan fingerprint density at radius 1 is 1.60 bits per heavy atom. The van der Waals surface area contributed by atoms with E-state index in [0.29, 0.717) is 5.75 Å². The molecule has 0 radical (unpaired) electrons. The van der Waals surface area contributed by atoms with Gasteiger partial charge in [0.15, 0.2) is 0 Å². The molecule has 1 atom stereocenters. The van der Waals surface area contributed by atoms with Gasteiger partial charge in [0.1, 0.15) is 11.5 Å². The first-order valence-corrected chi connectivity index (χ1v) is 4.92. The van der Waals surface area contributed by atoms with Crippen LogP contribution in [0.25, 0.3) is 0 Å². The van der Waals surface area contributed by atoms with Crippen LogP contribution in [0.1, 0.15) is 24.4 Å². The molecule has 0 aromatic heterocycles. The average Bonchev–Trinajstić information content (AvgIpc) is 2.25. The fourth-order valence-electron chi connectivity index (χ4n) is 1.42. The summed E-state index contributed by atoms with van der Waals surface area (Å²) in [5.41, 5.74) is 6.67. The van der Waals surface area contributed by atoms with Crippen LogP contribution in [-0.2, 0) is 0 Å². The van der Waals surface area contributed by atoms with Crippen molar-refractivity contribution in [3.8, 4) is 11.5 Å². The van der Waals surface area contributed by atoms with Crippen LogP contribution in [0.2, 0.25) is 0 Å². The summed E-state index contributed by atoms with van der Waals surface area (Å²) in [6.07, 6.45) is 3.44. The van der Waals surface area contributed by atoms with Gasteiger partial charge in [-0.15, -0.1) is 6.58 Å². The fourth-order valence-corrected chi connectivity index (χ4v) is 1.42. The summed E-state index contributed by atoms with van der Waals surface area (Å²) < 4.78 is 4.99. The van der Waals surface area contributed by atoms with Gasteiger partial charge in [-0.3, -0.25) is 0 Å². The number of phenols is 1. The molecule has 0 unspecified atom stereocenters. The number of hydrogen-bond acceptors (Lipinski definition) is 3. The molecule has 3 nitrogen and oxygen atoms in total. The number of phenolic OH excluding ortho intramolecular Hbond substituents is 1. The van der Waals surface area contributed by atoms with Crippen LogP contribution >= 0.6 is 0 Å². The van der Waals surface area contributed by atoms with Gasteiger partial charge in [0, 0.05) is 17.7 Å². The lowest BCUT2D eigenvalue weighted by atomic mass is 10.0. The van der Waals surface area contributed by atoms with E-state index in [9.17, 15) is 5.11 Å². The molecule has 1 rings (SSSR count). The zero-order valence-electron chi connectivity index (χ0n) is 8.94. The van der Waals surface area contributed by atoms with E-state index >= 15 is 0 Å². The van der Waals surface area contributed by atoms with E-state index in [1.165, 1.54) is 0 Å². The first-order chi connectivity index (χ1) is 7.19. The number of aromatic hydroxyl groups is 1. The van der Waals surface area contributed by atoms with Crippen LogP contribution in [0.3, 0.4) is 0 Å². The van der Waals surface area contributed by atoms with E-state index in [2.05, 4.69) is 6.58 Å². The predicted molar refractivity (Wildman–Crippen MR) is 61.0 cm³/mol. The molecule has 0 fully saturated rings. The zero-order chi connectivity index (χ0) is 11.3. The second-order valence-electron chi connectivity index (χ2n) is 3.40. The summed E-state index contributed by atoms with van der Waals surface area (Å²) in [7, 11) is 1.56. The monoisotopic (exact) mass is 207 g/mol. The topological polar surface area (TPSA) is 55.5 Å². The third kappa shape index (κ3) is 2.99. The van der Waals surface area contributed by atoms with Gasteiger partial charge in [0.2, 0.25) is 0 Å². The van der Waals surface area contributed by atoms with E-state index in [4.69, 9.17) is 10.5 Å². The lowest BCUT2D eigenvalue weighted by Gasteiger charge is -2.13. The minimum atomic E-state index is -0.158. The molecular weight excluding hydrogens is 190 g/mol. The Morgan fingerprint density at radius 3 is 2.87 bits per heavy atom. The second-order valence-corrected chi connectivity index (χ2v) is 3.40. The summed E-state index contributed by atoms with van der Waals surface area (Å²) in [6, 6.07) is 5.00. The molecule has 3 heteroatoms. The summed E-state index contributed by atoms with van der Waals surface area (Å²) in [6.45, 7) is 3.64. The Kier molecular flexibility index (Phi) is 4.18. The van der Waals surface area contributed by atoms with Crippen LogP contribution < -0.4 is 10.5 Å². The largest absolute Gasteiger partial charge is 0.507 e. The van der Waals surface area contributed by atoms with Crippen molar-refractivity contribution < 1.29 is 9.84 Å². The third-order valence-corrected chi connectivity index (χ3v) is 2.32. The van der Waals surface area contributed by atoms with E-state index in [0.717, 1.165) is 18.4 Å². The van der Waals surface area contributed by atoms with Crippen LogP contribution in [-0.4, -0.2) is 12.2 Å². The van der Waals surface area contributed by atoms with Crippen molar-refractivity contribution in [3.63, 3.8) is 0 Å². The Balaban J connectivity index is 2.80. The van der Waals surface area contributed by atoms with Crippen LogP contribution in [0.4, 0.5) is 0 Å². The van der Waals surface area contributed by atoms with Crippen molar-refractivity contribution in [1.29, 1.82) is 0 Å². The summed E-state index contributed by atoms with van der Waals surface area (Å²) in [5, 5.41) is 9.71. The van der Waals surface area contributed by atoms with Gasteiger partial charge in [-0.2, -0.15) is 0 Å². The number of ether oxygens (including phenoxy) is 1. The quantitative estimate of drug-likeness (QED) is 0.729. The van der Waals surface area contributed by atoms with Crippen molar-refractivity contribution in [2.75, 3.05) is 7.11 Å². The number of nitrogens with two attached hydrogens (primary N) is 1. The molecule has 0 amide bonds. The SMILES string of the molecule is C=CCC[C@H](N)c1ccc(OC)cc1O. The first kappa shape index (κ1) is 11.6. The van der Waals surface area contributed by atoms with E-state index in [1.807, 2.05) is 6.08 Å². The smallest absolute Gasteiger partial charge is 0.124 e. The molecule has 0 saturated carbocycles. The Hall–Kier alpha value is -1.48. The Bertz CT molecular complexity index is 336. The Labute approximate surface area is 90.2 Å². The van der Waals surface area contributed by atoms with Crippen LogP contribution in [0, 0.1) is 0 Å². The summed E-state index contributed by atoms with van der Waals surface area (Å²) in [4.78, 5) is 0. The normalized spacial score (nSPS) is 12.1. The molecule has 15 heavy (non-hydrogen) atoms. The molecule has 0 aliphatic heterocycles. The highest BCUT2D eigenvalue weighted by molar-refractivity contribution is 5.41. The van der Waals surface area contributed by atoms with Gasteiger partial charge >= 0.3 is 0 Å². The molecule has 1 aromatic carbocycles. The highest BCUT2D eigenvalue weighted by Crippen LogP contribution is 2.29. The van der Waals surface area contributed by atoms with Gasteiger partial charge < -0.3 is 15.6 Å². The van der Waals surface area contributed by atoms with E-state index in [1.54, 1.807) is 25.3 Å². The fraction of sp³-hybridized carbons (Fsp3) is 0.333. The molecule has 0 saturated heterocycles. The Morgan fingerprint density at radius 2 is 2.33 bits per heavy atom. The highest BCUT2D eigenvalue weighted by atomic mass is 16.5. The first-order valence-electron chi connectivity index (χ1n) is 4.92. The van der Waals surface area contributed by atoms with Gasteiger partial charge in [0.05, 0.1) is 7.11 Å². The van der Waals surface area contributed by atoms with Gasteiger partial charge in [0.25, 0.3) is 0 Å². The molecular formula is C12H17NO2. The third-order valence-electron chi connectivity index (χ3n) is 2.32. The standard InChI is InChI=1S/C12H17NO2/c1-3-4-5-11(13)10-7-6-9(15-2)8-12(10)14/h3,6-8,11,14H,1,4-5,13H2,2H3/t11-/m0/s1. The second kappa shape index (κ2) is 5.41. The van der Waals surface area contributed by atoms with E-state index < -0.39 is 0 Å². The number of hydrogen-bond donors (Lipinski definition) is 2. The summed E-state index contributed by atoms with van der Waals surface area (Å²) in [5.74, 6) is 0.818. The van der Waals surface area contributed by atoms with Crippen LogP contribution in [0.15, 0.2) is 30.9 Å². The van der Waals surface area contributed by atoms with Crippen molar-refractivity contribution in [3.05, 3.63) is 36.4 Å². The van der Waals surface area contributed by atoms with E-state index in [-0.39, 0.29) is 11.8 Å². The molecule has 0 bridgehead atoms. The summed E-state index contributed by atoms with van der Waals surface area (Å²) >= 11 is 0. The highest BCUT2D eigenvalue weighted by Gasteiger charge is 2.10. The predicted octanol–water partition coefficient (Wildman–Crippen LogP) is 2.37. The lowest BCUT2D eigenvalue weighted by molar-refractivity contribution is 0.405. The molecule has 3 N–H and O–H groups in total. The van der Waals surface area contributed by atoms with Crippen molar-refractivity contribution in [2.24, 2.45) is 5.73 Å². The minimum Gasteiger partial charge on any atom is -0.507 e. The van der Waals surface area contributed by atoms with Gasteiger partial charge in [-0.05, 0) is 18.9 Å². The lowest BCUT2D eigenvalue weighted by Crippen LogP contribution is -2.09. The average molecular weight is 207 g/mol. The molecule has 1 aromatic rings. The number of allylic oxidation sites excluding steroid dienone is 1. The van der Waals surface area contributed by atoms with Gasteiger partial charge in [-0.1, -0.05) is 12.1 Å². The molecule has 0 aliphatic rings. The number of benzene rings is 1. The van der Waals surface area contributed by atoms with Crippen molar-refractivity contribution in [2.45, 2.75) is 18.9 Å². The van der Waals surface area contributed by atoms with Gasteiger partial charge in [-0.25, -0.2) is 0 Å².